The molecule has 4 aliphatic rings. The summed E-state index contributed by atoms with van der Waals surface area (Å²) in [6.07, 6.45) is 2.05. The van der Waals surface area contributed by atoms with Crippen LogP contribution in [0.3, 0.4) is 0 Å². The highest BCUT2D eigenvalue weighted by atomic mass is 79.9. The Morgan fingerprint density at radius 1 is 1.17 bits per heavy atom. The second-order valence-corrected chi connectivity index (χ2v) is 12.7. The molecule has 14 heteroatoms. The van der Waals surface area contributed by atoms with E-state index < -0.39 is 12.0 Å². The maximum absolute atomic E-state index is 15.4. The minimum atomic E-state index is -0.887. The maximum Gasteiger partial charge on any atom is 0.319 e. The van der Waals surface area contributed by atoms with Crippen LogP contribution in [-0.2, 0) is 17.8 Å². The Labute approximate surface area is 255 Å². The molecule has 0 radical (unpaired) electrons. The first-order valence-electron chi connectivity index (χ1n) is 14.4. The number of aryl methyl sites for hydroxylation is 1. The Balaban J connectivity index is 1.22. The summed E-state index contributed by atoms with van der Waals surface area (Å²) in [6, 6.07) is 3.46. The molecule has 0 unspecified atom stereocenters. The van der Waals surface area contributed by atoms with Gasteiger partial charge < -0.3 is 19.3 Å². The fourth-order valence-electron chi connectivity index (χ4n) is 6.77. The fraction of sp³-hybridized carbons (Fsp3) is 0.571. The Morgan fingerprint density at radius 2 is 2.00 bits per heavy atom. The number of rotatable bonds is 5. The van der Waals surface area contributed by atoms with Crippen molar-refractivity contribution in [3.8, 4) is 6.01 Å². The van der Waals surface area contributed by atoms with Crippen molar-refractivity contribution >= 4 is 50.2 Å². The van der Waals surface area contributed by atoms with Crippen LogP contribution < -0.4 is 9.64 Å². The van der Waals surface area contributed by atoms with Gasteiger partial charge >= 0.3 is 6.01 Å². The number of hydrogen-bond acceptors (Lipinski definition) is 8. The number of amides is 1. The Kier molecular flexibility index (Phi) is 7.48. The maximum atomic E-state index is 15.4. The average Bonchev–Trinajstić information content (AvgIpc) is 3.56. The van der Waals surface area contributed by atoms with E-state index in [1.165, 1.54) is 0 Å². The number of fused-ring (bicyclic) bond motifs is 3. The number of benzene rings is 1. The molecule has 0 spiro atoms. The van der Waals surface area contributed by atoms with Crippen molar-refractivity contribution in [2.75, 3.05) is 57.4 Å². The molecule has 4 aliphatic heterocycles. The lowest BCUT2D eigenvalue weighted by atomic mass is 9.95. The number of ether oxygens (including phenoxy) is 2. The summed E-state index contributed by atoms with van der Waals surface area (Å²) < 4.78 is 43.4. The van der Waals surface area contributed by atoms with Gasteiger partial charge in [-0.3, -0.25) is 14.4 Å². The highest BCUT2D eigenvalue weighted by Crippen LogP contribution is 2.41. The predicted molar refractivity (Wildman–Crippen MR) is 155 cm³/mol. The fourth-order valence-corrected chi connectivity index (χ4v) is 7.37. The third-order valence-corrected chi connectivity index (χ3v) is 9.89. The van der Waals surface area contributed by atoms with Crippen molar-refractivity contribution in [1.29, 1.82) is 0 Å². The van der Waals surface area contributed by atoms with Crippen LogP contribution in [0.25, 0.3) is 10.9 Å². The zero-order chi connectivity index (χ0) is 29.0. The van der Waals surface area contributed by atoms with E-state index in [1.54, 1.807) is 21.7 Å². The Morgan fingerprint density at radius 3 is 2.83 bits per heavy atom. The topological polar surface area (TPSA) is 88.8 Å². The van der Waals surface area contributed by atoms with Gasteiger partial charge in [-0.15, -0.1) is 0 Å². The molecule has 1 amide bonds. The van der Waals surface area contributed by atoms with Crippen LogP contribution in [0.4, 0.5) is 14.6 Å². The number of alkyl halides is 1. The van der Waals surface area contributed by atoms with Crippen LogP contribution in [-0.4, -0.2) is 99.7 Å². The molecule has 3 fully saturated rings. The molecular weight excluding hydrogens is 636 g/mol. The van der Waals surface area contributed by atoms with E-state index in [0.717, 1.165) is 19.4 Å². The molecule has 0 bridgehead atoms. The predicted octanol–water partition coefficient (Wildman–Crippen LogP) is 4.22. The van der Waals surface area contributed by atoms with Crippen LogP contribution in [0, 0.1) is 5.82 Å². The van der Waals surface area contributed by atoms with E-state index in [1.807, 2.05) is 4.90 Å². The summed E-state index contributed by atoms with van der Waals surface area (Å²) in [6.45, 7) is 4.91. The van der Waals surface area contributed by atoms with Gasteiger partial charge in [0.15, 0.2) is 11.5 Å². The van der Waals surface area contributed by atoms with Gasteiger partial charge in [0.1, 0.15) is 24.1 Å². The summed E-state index contributed by atoms with van der Waals surface area (Å²) >= 11 is 10.1. The number of hydrogen-bond donors (Lipinski definition) is 0. The van der Waals surface area contributed by atoms with E-state index in [4.69, 9.17) is 26.1 Å². The second kappa shape index (κ2) is 11.1. The quantitative estimate of drug-likeness (QED) is 0.400. The highest BCUT2D eigenvalue weighted by molar-refractivity contribution is 9.10. The zero-order valence-corrected chi connectivity index (χ0v) is 25.3. The molecule has 0 aliphatic carbocycles. The van der Waals surface area contributed by atoms with Gasteiger partial charge in [-0.1, -0.05) is 11.6 Å². The van der Waals surface area contributed by atoms with Gasteiger partial charge in [0.05, 0.1) is 40.5 Å². The average molecular weight is 667 g/mol. The van der Waals surface area contributed by atoms with Crippen molar-refractivity contribution < 1.29 is 23.0 Å². The Hall–Kier alpha value is -2.61. The van der Waals surface area contributed by atoms with Crippen LogP contribution in [0.15, 0.2) is 16.6 Å². The summed E-state index contributed by atoms with van der Waals surface area (Å²) in [7, 11) is 0. The third-order valence-electron chi connectivity index (χ3n) is 8.88. The lowest BCUT2D eigenvalue weighted by Crippen LogP contribution is -2.43. The molecule has 7 rings (SSSR count). The first-order chi connectivity index (χ1) is 20.3. The second-order valence-electron chi connectivity index (χ2n) is 11.5. The van der Waals surface area contributed by atoms with Crippen LogP contribution >= 0.6 is 27.5 Å². The number of aromatic nitrogens is 4. The van der Waals surface area contributed by atoms with Crippen molar-refractivity contribution in [3.63, 3.8) is 0 Å². The van der Waals surface area contributed by atoms with Crippen molar-refractivity contribution in [2.45, 2.75) is 50.5 Å². The summed E-state index contributed by atoms with van der Waals surface area (Å²) in [5.74, 6) is -0.223. The van der Waals surface area contributed by atoms with E-state index >= 15 is 4.39 Å². The molecule has 6 heterocycles. The van der Waals surface area contributed by atoms with Crippen molar-refractivity contribution in [2.24, 2.45) is 0 Å². The normalized spacial score (nSPS) is 24.6. The largest absolute Gasteiger partial charge is 0.461 e. The van der Waals surface area contributed by atoms with Gasteiger partial charge in [0.25, 0.3) is 5.91 Å². The zero-order valence-electron chi connectivity index (χ0n) is 23.0. The van der Waals surface area contributed by atoms with Crippen LogP contribution in [0.1, 0.15) is 41.9 Å². The lowest BCUT2D eigenvalue weighted by molar-refractivity contribution is 0.0298. The van der Waals surface area contributed by atoms with E-state index in [-0.39, 0.29) is 39.7 Å². The monoisotopic (exact) mass is 665 g/mol. The lowest BCUT2D eigenvalue weighted by Gasteiger charge is -2.31. The van der Waals surface area contributed by atoms with Gasteiger partial charge in [-0.25, -0.2) is 8.78 Å². The number of nitrogens with zero attached hydrogens (tertiary/aromatic N) is 7. The first kappa shape index (κ1) is 28.2. The number of carbonyl (C=O) groups excluding carboxylic acids is 1. The van der Waals surface area contributed by atoms with Gasteiger partial charge in [0, 0.05) is 44.5 Å². The first-order valence-corrected chi connectivity index (χ1v) is 15.5. The summed E-state index contributed by atoms with van der Waals surface area (Å²) in [5, 5.41) is 5.44. The standard InChI is InChI=1S/C28H31BrClF2N7O3/c29-19-4-3-18-23(22(19)32)33-27(42-16-28-5-1-7-38(28)14-17(31)13-28)34-25(18)37-6-2-8-39-20(15-37)21(30)24(35-39)26(40)36-9-11-41-12-10-36/h3-4,17H,1-2,5-16H2/t17-,28+/m1/s1. The van der Waals surface area contributed by atoms with E-state index in [9.17, 15) is 9.18 Å². The molecule has 42 heavy (non-hydrogen) atoms. The minimum Gasteiger partial charge on any atom is -0.461 e. The smallest absolute Gasteiger partial charge is 0.319 e. The molecule has 0 saturated carbocycles. The molecule has 0 N–H and O–H groups in total. The molecule has 2 aromatic heterocycles. The molecule has 1 aromatic carbocycles. The number of halogens is 4. The van der Waals surface area contributed by atoms with Crippen LogP contribution in [0.5, 0.6) is 6.01 Å². The summed E-state index contributed by atoms with van der Waals surface area (Å²) in [4.78, 5) is 28.3. The molecule has 3 aromatic rings. The number of anilines is 1. The van der Waals surface area contributed by atoms with Gasteiger partial charge in [-0.2, -0.15) is 15.1 Å². The molecule has 3 saturated heterocycles. The number of carbonyl (C=O) groups is 1. The van der Waals surface area contributed by atoms with Gasteiger partial charge in [0.2, 0.25) is 0 Å². The molecular formula is C28H31BrClF2N7O3. The number of morpholine rings is 1. The van der Waals surface area contributed by atoms with Crippen molar-refractivity contribution in [3.05, 3.63) is 38.8 Å². The van der Waals surface area contributed by atoms with Crippen molar-refractivity contribution in [1.82, 2.24) is 29.5 Å². The SMILES string of the molecule is O=C(c1nn2c(c1Cl)CN(c1nc(OC[C@@]34CCCN3C[C@H](F)C4)nc3c(F)c(Br)ccc13)CCC2)N1CCOCC1. The molecule has 2 atom stereocenters. The van der Waals surface area contributed by atoms with Crippen LogP contribution in [0.2, 0.25) is 5.02 Å². The van der Waals surface area contributed by atoms with E-state index in [2.05, 4.69) is 30.9 Å². The Bertz CT molecular complexity index is 1540. The van der Waals surface area contributed by atoms with E-state index in [0.29, 0.717) is 87.2 Å². The molecule has 224 valence electrons. The minimum absolute atomic E-state index is 0.0464. The molecule has 10 nitrogen and oxygen atoms in total. The highest BCUT2D eigenvalue weighted by Gasteiger charge is 2.49. The summed E-state index contributed by atoms with van der Waals surface area (Å²) in [5.41, 5.74) is 0.662. The third kappa shape index (κ3) is 4.91. The van der Waals surface area contributed by atoms with Gasteiger partial charge in [-0.05, 0) is 53.9 Å².